The normalized spacial score (nSPS) is 13.3. The summed E-state index contributed by atoms with van der Waals surface area (Å²) >= 11 is 5.92. The topological polar surface area (TPSA) is 84.9 Å². The molecular formula is C17H14ClF3N2O5S. The fourth-order valence-corrected chi connectivity index (χ4v) is 3.70. The van der Waals surface area contributed by atoms with E-state index in [0.29, 0.717) is 27.6 Å². The Morgan fingerprint density at radius 3 is 2.52 bits per heavy atom. The van der Waals surface area contributed by atoms with Gasteiger partial charge in [-0.15, -0.1) is 0 Å². The van der Waals surface area contributed by atoms with Gasteiger partial charge in [0.15, 0.2) is 11.5 Å². The van der Waals surface area contributed by atoms with Gasteiger partial charge in [-0.1, -0.05) is 11.6 Å². The molecule has 0 unspecified atom stereocenters. The molecule has 2 aromatic rings. The van der Waals surface area contributed by atoms with E-state index in [1.165, 1.54) is 12.1 Å². The second-order valence-electron chi connectivity index (χ2n) is 6.05. The first-order valence-electron chi connectivity index (χ1n) is 7.99. The molecule has 0 bridgehead atoms. The fourth-order valence-electron chi connectivity index (χ4n) is 2.57. The van der Waals surface area contributed by atoms with Gasteiger partial charge in [-0.25, -0.2) is 8.42 Å². The molecule has 0 radical (unpaired) electrons. The zero-order chi connectivity index (χ0) is 21.4. The number of fused-ring (bicyclic) bond motifs is 1. The number of hydrogen-bond acceptors (Lipinski definition) is 5. The van der Waals surface area contributed by atoms with Gasteiger partial charge >= 0.3 is 6.18 Å². The zero-order valence-electron chi connectivity index (χ0n) is 14.8. The molecule has 29 heavy (non-hydrogen) atoms. The van der Waals surface area contributed by atoms with Crippen molar-refractivity contribution in [3.05, 3.63) is 47.0 Å². The molecule has 0 saturated heterocycles. The second-order valence-corrected chi connectivity index (χ2v) is 8.36. The molecule has 7 nitrogen and oxygen atoms in total. The molecule has 1 heterocycles. The highest BCUT2D eigenvalue weighted by molar-refractivity contribution is 7.92. The van der Waals surface area contributed by atoms with E-state index in [2.05, 4.69) is 5.32 Å². The van der Waals surface area contributed by atoms with Crippen LogP contribution in [-0.4, -0.2) is 33.9 Å². The molecule has 1 N–H and O–H groups in total. The van der Waals surface area contributed by atoms with E-state index < -0.39 is 39.9 Å². The minimum Gasteiger partial charge on any atom is -0.454 e. The van der Waals surface area contributed by atoms with Gasteiger partial charge < -0.3 is 14.8 Å². The quantitative estimate of drug-likeness (QED) is 0.753. The number of carbonyl (C=O) groups is 1. The largest absolute Gasteiger partial charge is 0.454 e. The molecule has 0 saturated carbocycles. The number of amides is 1. The molecule has 1 aliphatic heterocycles. The molecule has 12 heteroatoms. The van der Waals surface area contributed by atoms with Crippen LogP contribution >= 0.6 is 11.6 Å². The molecule has 2 aromatic carbocycles. The van der Waals surface area contributed by atoms with Crippen molar-refractivity contribution >= 4 is 38.9 Å². The van der Waals surface area contributed by atoms with Crippen molar-refractivity contribution in [1.29, 1.82) is 0 Å². The maximum atomic E-state index is 13.0. The smallest absolute Gasteiger partial charge is 0.416 e. The highest BCUT2D eigenvalue weighted by atomic mass is 35.5. The molecule has 156 valence electrons. The number of nitrogens with zero attached hydrogens (tertiary/aromatic N) is 1. The predicted molar refractivity (Wildman–Crippen MR) is 99.8 cm³/mol. The lowest BCUT2D eigenvalue weighted by molar-refractivity contribution is -0.137. The van der Waals surface area contributed by atoms with Crippen LogP contribution in [-0.2, 0) is 21.0 Å². The van der Waals surface area contributed by atoms with E-state index in [9.17, 15) is 26.4 Å². The Morgan fingerprint density at radius 1 is 1.17 bits per heavy atom. The van der Waals surface area contributed by atoms with Crippen molar-refractivity contribution in [2.75, 3.05) is 29.2 Å². The third kappa shape index (κ3) is 4.85. The minimum atomic E-state index is -4.71. The lowest BCUT2D eigenvalue weighted by Gasteiger charge is -2.24. The van der Waals surface area contributed by atoms with Crippen molar-refractivity contribution < 1.29 is 35.9 Å². The van der Waals surface area contributed by atoms with Gasteiger partial charge in [-0.2, -0.15) is 13.2 Å². The number of halogens is 4. The second kappa shape index (κ2) is 7.64. The number of alkyl halides is 3. The number of ether oxygens (including phenoxy) is 2. The fraction of sp³-hybridized carbons (Fsp3) is 0.235. The number of rotatable bonds is 5. The molecule has 0 atom stereocenters. The third-order valence-electron chi connectivity index (χ3n) is 3.89. The summed E-state index contributed by atoms with van der Waals surface area (Å²) in [7, 11) is -4.12. The van der Waals surface area contributed by atoms with E-state index in [-0.39, 0.29) is 11.8 Å². The number of anilines is 2. The number of sulfonamides is 1. The van der Waals surface area contributed by atoms with Crippen molar-refractivity contribution in [2.45, 2.75) is 6.18 Å². The average molecular weight is 451 g/mol. The van der Waals surface area contributed by atoms with Crippen LogP contribution in [0.3, 0.4) is 0 Å². The Morgan fingerprint density at radius 2 is 1.86 bits per heavy atom. The molecule has 1 aliphatic rings. The van der Waals surface area contributed by atoms with Crippen LogP contribution in [0.1, 0.15) is 5.56 Å². The van der Waals surface area contributed by atoms with Crippen LogP contribution in [0.4, 0.5) is 24.5 Å². The van der Waals surface area contributed by atoms with Gasteiger partial charge in [0.2, 0.25) is 22.7 Å². The van der Waals surface area contributed by atoms with E-state index in [1.54, 1.807) is 6.07 Å². The first-order valence-corrected chi connectivity index (χ1v) is 10.2. The van der Waals surface area contributed by atoms with Crippen LogP contribution in [0, 0.1) is 0 Å². The number of hydrogen-bond donors (Lipinski definition) is 1. The summed E-state index contributed by atoms with van der Waals surface area (Å²) in [6.07, 6.45) is -3.95. The number of benzene rings is 2. The van der Waals surface area contributed by atoms with Crippen molar-refractivity contribution in [2.24, 2.45) is 0 Å². The number of nitrogens with one attached hydrogen (secondary N) is 1. The van der Waals surface area contributed by atoms with E-state index in [1.807, 2.05) is 0 Å². The summed E-state index contributed by atoms with van der Waals surface area (Å²) in [4.78, 5) is 12.4. The predicted octanol–water partition coefficient (Wildman–Crippen LogP) is 3.49. The Kier molecular flexibility index (Phi) is 5.54. The van der Waals surface area contributed by atoms with Crippen LogP contribution in [0.2, 0.25) is 5.02 Å². The van der Waals surface area contributed by atoms with E-state index in [4.69, 9.17) is 21.1 Å². The first kappa shape index (κ1) is 21.1. The van der Waals surface area contributed by atoms with Crippen LogP contribution < -0.4 is 19.1 Å². The third-order valence-corrected chi connectivity index (χ3v) is 5.33. The molecule has 0 aromatic heterocycles. The van der Waals surface area contributed by atoms with Gasteiger partial charge in [0.05, 0.1) is 22.5 Å². The molecule has 1 amide bonds. The van der Waals surface area contributed by atoms with Crippen molar-refractivity contribution in [3.63, 3.8) is 0 Å². The minimum absolute atomic E-state index is 0.0304. The van der Waals surface area contributed by atoms with E-state index in [0.717, 1.165) is 18.4 Å². The SMILES string of the molecule is CS(=O)(=O)N(CC(=O)Nc1ccc2c(c1)OCO2)c1cc(C(F)(F)F)ccc1Cl. The summed E-state index contributed by atoms with van der Waals surface area (Å²) in [6, 6.07) is 6.76. The molecule has 3 rings (SSSR count). The lowest BCUT2D eigenvalue weighted by atomic mass is 10.2. The Labute approximate surface area is 169 Å². The van der Waals surface area contributed by atoms with Crippen molar-refractivity contribution in [3.8, 4) is 11.5 Å². The summed E-state index contributed by atoms with van der Waals surface area (Å²) in [5.74, 6) is 0.0861. The van der Waals surface area contributed by atoms with Gasteiger partial charge in [-0.3, -0.25) is 9.10 Å². The van der Waals surface area contributed by atoms with Crippen LogP contribution in [0.5, 0.6) is 11.5 Å². The number of carbonyl (C=O) groups excluding carboxylic acids is 1. The highest BCUT2D eigenvalue weighted by Gasteiger charge is 2.33. The highest BCUT2D eigenvalue weighted by Crippen LogP contribution is 2.37. The van der Waals surface area contributed by atoms with Gasteiger partial charge in [0, 0.05) is 11.8 Å². The van der Waals surface area contributed by atoms with E-state index >= 15 is 0 Å². The van der Waals surface area contributed by atoms with Gasteiger partial charge in [-0.05, 0) is 30.3 Å². The Bertz CT molecular complexity index is 1060. The van der Waals surface area contributed by atoms with Gasteiger partial charge in [0.1, 0.15) is 6.54 Å². The summed E-state index contributed by atoms with van der Waals surface area (Å²) in [5, 5.41) is 2.21. The average Bonchev–Trinajstić information content (AvgIpc) is 3.06. The molecular weight excluding hydrogens is 437 g/mol. The van der Waals surface area contributed by atoms with Gasteiger partial charge in [0.25, 0.3) is 0 Å². The molecule has 0 spiro atoms. The molecule has 0 fully saturated rings. The maximum Gasteiger partial charge on any atom is 0.416 e. The monoisotopic (exact) mass is 450 g/mol. The van der Waals surface area contributed by atoms with Crippen LogP contribution in [0.25, 0.3) is 0 Å². The first-order chi connectivity index (χ1) is 13.4. The summed E-state index contributed by atoms with van der Waals surface area (Å²) < 4.78 is 74.2. The Balaban J connectivity index is 1.86. The Hall–Kier alpha value is -2.66. The summed E-state index contributed by atoms with van der Waals surface area (Å²) in [5.41, 5.74) is -1.26. The zero-order valence-corrected chi connectivity index (χ0v) is 16.4. The maximum absolute atomic E-state index is 13.0. The standard InChI is InChI=1S/C17H14ClF3N2O5S/c1-29(25,26)23(13-6-10(17(19,20)21)2-4-12(13)18)8-16(24)22-11-3-5-14-15(7-11)28-9-27-14/h2-7H,8-9H2,1H3,(H,22,24). The van der Waals surface area contributed by atoms with Crippen molar-refractivity contribution in [1.82, 2.24) is 0 Å². The lowest BCUT2D eigenvalue weighted by Crippen LogP contribution is -2.37. The molecule has 0 aliphatic carbocycles. The summed E-state index contributed by atoms with van der Waals surface area (Å²) in [6.45, 7) is -0.753. The van der Waals surface area contributed by atoms with Crippen LogP contribution in [0.15, 0.2) is 36.4 Å².